The van der Waals surface area contributed by atoms with E-state index in [2.05, 4.69) is 36.3 Å². The molecule has 0 aromatic heterocycles. The Morgan fingerprint density at radius 3 is 2.38 bits per heavy atom. The number of rotatable bonds is 9. The molecule has 0 fully saturated rings. The second-order valence-corrected chi connectivity index (χ2v) is 4.04. The van der Waals surface area contributed by atoms with Gasteiger partial charge in [-0.25, -0.2) is 0 Å². The van der Waals surface area contributed by atoms with E-state index in [4.69, 9.17) is 0 Å². The van der Waals surface area contributed by atoms with Crippen molar-refractivity contribution in [2.45, 2.75) is 40.2 Å². The van der Waals surface area contributed by atoms with Crippen LogP contribution in [0.2, 0.25) is 0 Å². The summed E-state index contributed by atoms with van der Waals surface area (Å²) in [4.78, 5) is 13.6. The molecular formula is C12H27N3O. The van der Waals surface area contributed by atoms with Crippen molar-refractivity contribution >= 4 is 5.91 Å². The first-order valence-corrected chi connectivity index (χ1v) is 6.36. The summed E-state index contributed by atoms with van der Waals surface area (Å²) in [7, 11) is 0. The average Bonchev–Trinajstić information content (AvgIpc) is 2.26. The van der Waals surface area contributed by atoms with Crippen molar-refractivity contribution in [1.82, 2.24) is 15.5 Å². The molecule has 0 rings (SSSR count). The van der Waals surface area contributed by atoms with Crippen LogP contribution in [0, 0.1) is 0 Å². The van der Waals surface area contributed by atoms with Crippen LogP contribution in [0.1, 0.15) is 34.1 Å². The summed E-state index contributed by atoms with van der Waals surface area (Å²) in [6.07, 6.45) is 0.566. The van der Waals surface area contributed by atoms with Gasteiger partial charge in [-0.3, -0.25) is 4.79 Å². The van der Waals surface area contributed by atoms with E-state index in [1.807, 2.05) is 6.92 Å². The van der Waals surface area contributed by atoms with Gasteiger partial charge in [-0.2, -0.15) is 0 Å². The van der Waals surface area contributed by atoms with Crippen LogP contribution in [0.4, 0.5) is 0 Å². The minimum Gasteiger partial charge on any atom is -0.356 e. The van der Waals surface area contributed by atoms with E-state index < -0.39 is 0 Å². The normalized spacial score (nSPS) is 12.8. The average molecular weight is 229 g/mol. The van der Waals surface area contributed by atoms with Crippen LogP contribution in [0.3, 0.4) is 0 Å². The Morgan fingerprint density at radius 2 is 1.88 bits per heavy atom. The van der Waals surface area contributed by atoms with Crippen LogP contribution in [0.5, 0.6) is 0 Å². The monoisotopic (exact) mass is 229 g/mol. The Morgan fingerprint density at radius 1 is 1.25 bits per heavy atom. The SMILES string of the molecule is CCNC(=O)CCNC(C)CN(CC)CC. The molecule has 0 saturated heterocycles. The molecule has 0 heterocycles. The molecule has 0 spiro atoms. The summed E-state index contributed by atoms with van der Waals surface area (Å²) in [6.45, 7) is 13.1. The van der Waals surface area contributed by atoms with E-state index in [9.17, 15) is 4.79 Å². The molecule has 0 saturated carbocycles. The van der Waals surface area contributed by atoms with Crippen molar-refractivity contribution in [3.05, 3.63) is 0 Å². The lowest BCUT2D eigenvalue weighted by molar-refractivity contribution is -0.120. The number of nitrogens with one attached hydrogen (secondary N) is 2. The van der Waals surface area contributed by atoms with Crippen LogP contribution in [0.15, 0.2) is 0 Å². The van der Waals surface area contributed by atoms with Gasteiger partial charge in [-0.1, -0.05) is 13.8 Å². The van der Waals surface area contributed by atoms with Gasteiger partial charge in [0.25, 0.3) is 0 Å². The fourth-order valence-corrected chi connectivity index (χ4v) is 1.65. The molecule has 96 valence electrons. The summed E-state index contributed by atoms with van der Waals surface area (Å²) in [5.41, 5.74) is 0. The zero-order valence-electron chi connectivity index (χ0n) is 11.2. The summed E-state index contributed by atoms with van der Waals surface area (Å²) in [6, 6.07) is 0.439. The van der Waals surface area contributed by atoms with E-state index in [0.717, 1.165) is 26.2 Å². The van der Waals surface area contributed by atoms with Gasteiger partial charge < -0.3 is 15.5 Å². The fraction of sp³-hybridized carbons (Fsp3) is 0.917. The molecule has 4 nitrogen and oxygen atoms in total. The molecule has 0 aliphatic heterocycles. The highest BCUT2D eigenvalue weighted by molar-refractivity contribution is 5.75. The quantitative estimate of drug-likeness (QED) is 0.615. The van der Waals surface area contributed by atoms with Gasteiger partial charge >= 0.3 is 0 Å². The topological polar surface area (TPSA) is 44.4 Å². The Balaban J connectivity index is 3.56. The van der Waals surface area contributed by atoms with E-state index in [1.165, 1.54) is 0 Å². The maximum absolute atomic E-state index is 11.2. The third kappa shape index (κ3) is 7.65. The number of carbonyl (C=O) groups excluding carboxylic acids is 1. The molecular weight excluding hydrogens is 202 g/mol. The second kappa shape index (κ2) is 9.60. The maximum Gasteiger partial charge on any atom is 0.221 e. The van der Waals surface area contributed by atoms with Crippen molar-refractivity contribution in [3.63, 3.8) is 0 Å². The third-order valence-electron chi connectivity index (χ3n) is 2.65. The predicted molar refractivity (Wildman–Crippen MR) is 68.6 cm³/mol. The van der Waals surface area contributed by atoms with Crippen LogP contribution >= 0.6 is 0 Å². The number of nitrogens with zero attached hydrogens (tertiary/aromatic N) is 1. The summed E-state index contributed by atoms with van der Waals surface area (Å²) in [5.74, 6) is 0.130. The van der Waals surface area contributed by atoms with Crippen LogP contribution in [0.25, 0.3) is 0 Å². The molecule has 0 radical (unpaired) electrons. The molecule has 0 bridgehead atoms. The molecule has 1 amide bonds. The number of likely N-dealkylation sites (N-methyl/N-ethyl adjacent to an activating group) is 1. The minimum absolute atomic E-state index is 0.130. The van der Waals surface area contributed by atoms with Crippen LogP contribution in [-0.2, 0) is 4.79 Å². The zero-order chi connectivity index (χ0) is 12.4. The van der Waals surface area contributed by atoms with E-state index in [-0.39, 0.29) is 5.91 Å². The van der Waals surface area contributed by atoms with Crippen LogP contribution in [-0.4, -0.2) is 49.6 Å². The third-order valence-corrected chi connectivity index (χ3v) is 2.65. The van der Waals surface area contributed by atoms with Gasteiger partial charge in [0.05, 0.1) is 0 Å². The summed E-state index contributed by atoms with van der Waals surface area (Å²) >= 11 is 0. The minimum atomic E-state index is 0.130. The first kappa shape index (κ1) is 15.4. The molecule has 0 aromatic rings. The molecule has 2 N–H and O–H groups in total. The number of carbonyl (C=O) groups is 1. The van der Waals surface area contributed by atoms with E-state index >= 15 is 0 Å². The predicted octanol–water partition coefficient (Wildman–Crippen LogP) is 0.833. The molecule has 0 aliphatic rings. The number of hydrogen-bond acceptors (Lipinski definition) is 3. The van der Waals surface area contributed by atoms with Gasteiger partial charge in [-0.05, 0) is 26.9 Å². The van der Waals surface area contributed by atoms with Gasteiger partial charge in [-0.15, -0.1) is 0 Å². The smallest absolute Gasteiger partial charge is 0.221 e. The van der Waals surface area contributed by atoms with Gasteiger partial charge in [0.15, 0.2) is 0 Å². The first-order chi connectivity index (χ1) is 7.63. The Bertz CT molecular complexity index is 181. The van der Waals surface area contributed by atoms with Gasteiger partial charge in [0.2, 0.25) is 5.91 Å². The Labute approximate surface area is 99.8 Å². The highest BCUT2D eigenvalue weighted by atomic mass is 16.1. The zero-order valence-corrected chi connectivity index (χ0v) is 11.2. The number of hydrogen-bond donors (Lipinski definition) is 2. The molecule has 0 aliphatic carbocycles. The standard InChI is InChI=1S/C12H27N3O/c1-5-13-12(16)8-9-14-11(4)10-15(6-2)7-3/h11,14H,5-10H2,1-4H3,(H,13,16). The lowest BCUT2D eigenvalue weighted by Crippen LogP contribution is -2.40. The first-order valence-electron chi connectivity index (χ1n) is 6.36. The molecule has 1 atom stereocenters. The number of amides is 1. The van der Waals surface area contributed by atoms with Crippen molar-refractivity contribution in [3.8, 4) is 0 Å². The Hall–Kier alpha value is -0.610. The van der Waals surface area contributed by atoms with Gasteiger partial charge in [0.1, 0.15) is 0 Å². The van der Waals surface area contributed by atoms with Crippen molar-refractivity contribution in [2.24, 2.45) is 0 Å². The van der Waals surface area contributed by atoms with E-state index in [0.29, 0.717) is 19.0 Å². The van der Waals surface area contributed by atoms with Gasteiger partial charge in [0, 0.05) is 32.1 Å². The second-order valence-electron chi connectivity index (χ2n) is 4.04. The summed E-state index contributed by atoms with van der Waals surface area (Å²) in [5, 5.41) is 6.16. The van der Waals surface area contributed by atoms with Crippen molar-refractivity contribution in [1.29, 1.82) is 0 Å². The highest BCUT2D eigenvalue weighted by Gasteiger charge is 2.06. The molecule has 16 heavy (non-hydrogen) atoms. The van der Waals surface area contributed by atoms with Crippen molar-refractivity contribution < 1.29 is 4.79 Å². The molecule has 1 unspecified atom stereocenters. The van der Waals surface area contributed by atoms with Crippen LogP contribution < -0.4 is 10.6 Å². The van der Waals surface area contributed by atoms with E-state index in [1.54, 1.807) is 0 Å². The molecule has 4 heteroatoms. The highest BCUT2D eigenvalue weighted by Crippen LogP contribution is 1.91. The fourth-order valence-electron chi connectivity index (χ4n) is 1.65. The maximum atomic E-state index is 11.2. The van der Waals surface area contributed by atoms with Crippen molar-refractivity contribution in [2.75, 3.05) is 32.7 Å². The Kier molecular flexibility index (Phi) is 9.24. The lowest BCUT2D eigenvalue weighted by atomic mass is 10.3. The lowest BCUT2D eigenvalue weighted by Gasteiger charge is -2.23. The summed E-state index contributed by atoms with van der Waals surface area (Å²) < 4.78 is 0. The molecule has 0 aromatic carbocycles. The largest absolute Gasteiger partial charge is 0.356 e.